The highest BCUT2D eigenvalue weighted by atomic mass is 35.5. The number of halogens is 1. The molecule has 1 aromatic rings. The summed E-state index contributed by atoms with van der Waals surface area (Å²) in [5, 5.41) is 9.75. The molecule has 1 saturated heterocycles. The van der Waals surface area contributed by atoms with Crippen LogP contribution < -0.4 is 4.74 Å². The van der Waals surface area contributed by atoms with Crippen LogP contribution in [0.25, 0.3) is 0 Å². The van der Waals surface area contributed by atoms with Gasteiger partial charge in [0.1, 0.15) is 5.75 Å². The molecular weight excluding hydrogens is 318 g/mol. The Labute approximate surface area is 141 Å². The Morgan fingerprint density at radius 3 is 2.91 bits per heavy atom. The van der Waals surface area contributed by atoms with E-state index < -0.39 is 11.9 Å². The molecular formula is C17H22ClNO4. The normalized spacial score (nSPS) is 17.8. The topological polar surface area (TPSA) is 66.8 Å². The second kappa shape index (κ2) is 8.20. The van der Waals surface area contributed by atoms with E-state index in [4.69, 9.17) is 21.4 Å². The Hall–Kier alpha value is -1.75. The number of rotatable bonds is 6. The van der Waals surface area contributed by atoms with Crippen LogP contribution in [0.5, 0.6) is 5.75 Å². The molecule has 0 unspecified atom stereocenters. The van der Waals surface area contributed by atoms with Gasteiger partial charge in [0.25, 0.3) is 0 Å². The van der Waals surface area contributed by atoms with Gasteiger partial charge in [-0.2, -0.15) is 0 Å². The van der Waals surface area contributed by atoms with Crippen LogP contribution in [0.4, 0.5) is 0 Å². The number of aliphatic carboxylic acids is 1. The summed E-state index contributed by atoms with van der Waals surface area (Å²) in [5.41, 5.74) is 0.952. The first-order valence-electron chi connectivity index (χ1n) is 7.87. The first-order chi connectivity index (χ1) is 11.0. The number of nitrogens with zero attached hydrogens (tertiary/aromatic N) is 1. The number of carbonyl (C=O) groups excluding carboxylic acids is 1. The van der Waals surface area contributed by atoms with Crippen LogP contribution >= 0.6 is 11.6 Å². The summed E-state index contributed by atoms with van der Waals surface area (Å²) in [6, 6.07) is 5.46. The number of amides is 1. The maximum atomic E-state index is 12.1. The van der Waals surface area contributed by atoms with Crippen LogP contribution in [-0.2, 0) is 9.59 Å². The number of hydrogen-bond acceptors (Lipinski definition) is 3. The molecule has 1 amide bonds. The number of carboxylic acids is 1. The molecule has 0 spiro atoms. The number of likely N-dealkylation sites (tertiary alicyclic amines) is 1. The van der Waals surface area contributed by atoms with E-state index in [0.29, 0.717) is 44.0 Å². The Bertz CT molecular complexity index is 576. The third-order valence-electron chi connectivity index (χ3n) is 4.06. The molecule has 23 heavy (non-hydrogen) atoms. The van der Waals surface area contributed by atoms with Crippen LogP contribution in [0.15, 0.2) is 18.2 Å². The monoisotopic (exact) mass is 339 g/mol. The van der Waals surface area contributed by atoms with E-state index in [0.717, 1.165) is 17.7 Å². The number of carbonyl (C=O) groups is 2. The molecule has 5 nitrogen and oxygen atoms in total. The third-order valence-corrected chi connectivity index (χ3v) is 4.48. The smallest absolute Gasteiger partial charge is 0.308 e. The number of aryl methyl sites for hydroxylation is 1. The minimum Gasteiger partial charge on any atom is -0.494 e. The van der Waals surface area contributed by atoms with Crippen molar-refractivity contribution in [1.82, 2.24) is 4.90 Å². The fourth-order valence-corrected chi connectivity index (χ4v) is 2.80. The van der Waals surface area contributed by atoms with Crippen molar-refractivity contribution in [2.24, 2.45) is 5.92 Å². The predicted octanol–water partition coefficient (Wildman–Crippen LogP) is 3.13. The van der Waals surface area contributed by atoms with E-state index in [9.17, 15) is 9.59 Å². The van der Waals surface area contributed by atoms with E-state index in [1.54, 1.807) is 17.0 Å². The van der Waals surface area contributed by atoms with Gasteiger partial charge >= 0.3 is 5.97 Å². The van der Waals surface area contributed by atoms with Crippen molar-refractivity contribution < 1.29 is 19.4 Å². The summed E-state index contributed by atoms with van der Waals surface area (Å²) in [6.45, 7) is 3.34. The zero-order valence-corrected chi connectivity index (χ0v) is 14.0. The zero-order valence-electron chi connectivity index (χ0n) is 13.3. The third kappa shape index (κ3) is 5.13. The van der Waals surface area contributed by atoms with Gasteiger partial charge in [0.2, 0.25) is 5.91 Å². The Kier molecular flexibility index (Phi) is 6.28. The molecule has 1 heterocycles. The number of ether oxygens (including phenoxy) is 1. The molecule has 126 valence electrons. The van der Waals surface area contributed by atoms with Crippen LogP contribution in [-0.4, -0.2) is 41.6 Å². The van der Waals surface area contributed by atoms with Crippen LogP contribution in [0.2, 0.25) is 5.02 Å². The van der Waals surface area contributed by atoms with Crippen molar-refractivity contribution in [2.45, 2.75) is 32.6 Å². The fourth-order valence-electron chi connectivity index (χ4n) is 2.68. The summed E-state index contributed by atoms with van der Waals surface area (Å²) < 4.78 is 5.62. The number of carboxylic acid groups (broad SMARTS) is 1. The molecule has 1 aliphatic rings. The summed E-state index contributed by atoms with van der Waals surface area (Å²) in [6.07, 6.45) is 2.38. The standard InChI is InChI=1S/C17H22ClNO4/c1-12-10-14(6-7-15(12)18)23-9-3-5-16(20)19-8-2-4-13(11-19)17(21)22/h6-7,10,13H,2-5,8-9,11H2,1H3,(H,21,22)/t13-/m0/s1. The average molecular weight is 340 g/mol. The summed E-state index contributed by atoms with van der Waals surface area (Å²) in [4.78, 5) is 24.8. The van der Waals surface area contributed by atoms with Crippen LogP contribution in [0.3, 0.4) is 0 Å². The highest BCUT2D eigenvalue weighted by Gasteiger charge is 2.27. The van der Waals surface area contributed by atoms with E-state index in [-0.39, 0.29) is 5.91 Å². The number of benzene rings is 1. The van der Waals surface area contributed by atoms with E-state index in [2.05, 4.69) is 0 Å². The summed E-state index contributed by atoms with van der Waals surface area (Å²) >= 11 is 5.96. The van der Waals surface area contributed by atoms with Gasteiger partial charge in [-0.3, -0.25) is 9.59 Å². The average Bonchev–Trinajstić information content (AvgIpc) is 2.54. The summed E-state index contributed by atoms with van der Waals surface area (Å²) in [5.74, 6) is -0.500. The van der Waals surface area contributed by atoms with Gasteiger partial charge in [0.15, 0.2) is 0 Å². The number of piperidine rings is 1. The molecule has 2 rings (SSSR count). The molecule has 1 fully saturated rings. The highest BCUT2D eigenvalue weighted by Crippen LogP contribution is 2.21. The SMILES string of the molecule is Cc1cc(OCCCC(=O)N2CCC[C@H](C(=O)O)C2)ccc1Cl. The molecule has 1 aromatic carbocycles. The minimum atomic E-state index is -0.816. The molecule has 1 aliphatic heterocycles. The fraction of sp³-hybridized carbons (Fsp3) is 0.529. The lowest BCUT2D eigenvalue weighted by molar-refractivity contribution is -0.145. The van der Waals surface area contributed by atoms with E-state index in [1.807, 2.05) is 13.0 Å². The lowest BCUT2D eigenvalue weighted by Crippen LogP contribution is -2.42. The molecule has 1 N–H and O–H groups in total. The first kappa shape index (κ1) is 17.6. The second-order valence-corrected chi connectivity index (χ2v) is 6.29. The van der Waals surface area contributed by atoms with Crippen molar-refractivity contribution in [3.05, 3.63) is 28.8 Å². The molecule has 0 aliphatic carbocycles. The van der Waals surface area contributed by atoms with Crippen molar-refractivity contribution in [3.8, 4) is 5.75 Å². The van der Waals surface area contributed by atoms with Crippen LogP contribution in [0.1, 0.15) is 31.2 Å². The molecule has 0 radical (unpaired) electrons. The molecule has 0 saturated carbocycles. The highest BCUT2D eigenvalue weighted by molar-refractivity contribution is 6.31. The summed E-state index contributed by atoms with van der Waals surface area (Å²) in [7, 11) is 0. The van der Waals surface area contributed by atoms with Gasteiger partial charge in [0, 0.05) is 24.5 Å². The largest absolute Gasteiger partial charge is 0.494 e. The van der Waals surface area contributed by atoms with Crippen molar-refractivity contribution in [1.29, 1.82) is 0 Å². The lowest BCUT2D eigenvalue weighted by Gasteiger charge is -2.30. The zero-order chi connectivity index (χ0) is 16.8. The van der Waals surface area contributed by atoms with Gasteiger partial charge in [0.05, 0.1) is 12.5 Å². The molecule has 1 atom stereocenters. The maximum absolute atomic E-state index is 12.1. The van der Waals surface area contributed by atoms with Gasteiger partial charge < -0.3 is 14.7 Å². The Balaban J connectivity index is 1.72. The van der Waals surface area contributed by atoms with E-state index in [1.165, 1.54) is 0 Å². The van der Waals surface area contributed by atoms with Crippen molar-refractivity contribution in [2.75, 3.05) is 19.7 Å². The van der Waals surface area contributed by atoms with Crippen molar-refractivity contribution >= 4 is 23.5 Å². The van der Waals surface area contributed by atoms with Gasteiger partial charge in [-0.25, -0.2) is 0 Å². The maximum Gasteiger partial charge on any atom is 0.308 e. The minimum absolute atomic E-state index is 0.00633. The quantitative estimate of drug-likeness (QED) is 0.808. The van der Waals surface area contributed by atoms with Gasteiger partial charge in [-0.05, 0) is 49.9 Å². The predicted molar refractivity (Wildman–Crippen MR) is 87.9 cm³/mol. The van der Waals surface area contributed by atoms with Crippen molar-refractivity contribution in [3.63, 3.8) is 0 Å². The number of hydrogen-bond donors (Lipinski definition) is 1. The lowest BCUT2D eigenvalue weighted by atomic mass is 9.98. The molecule has 6 heteroatoms. The molecule has 0 aromatic heterocycles. The Morgan fingerprint density at radius 2 is 2.22 bits per heavy atom. The van der Waals surface area contributed by atoms with Gasteiger partial charge in [-0.1, -0.05) is 11.6 Å². The second-order valence-electron chi connectivity index (χ2n) is 5.88. The molecule has 0 bridgehead atoms. The van der Waals surface area contributed by atoms with Crippen LogP contribution in [0, 0.1) is 12.8 Å². The van der Waals surface area contributed by atoms with Gasteiger partial charge in [-0.15, -0.1) is 0 Å². The van der Waals surface area contributed by atoms with E-state index >= 15 is 0 Å². The first-order valence-corrected chi connectivity index (χ1v) is 8.24. The Morgan fingerprint density at radius 1 is 1.43 bits per heavy atom.